The van der Waals surface area contributed by atoms with Crippen molar-refractivity contribution in [2.75, 3.05) is 40.3 Å². The topological polar surface area (TPSA) is 35.6 Å². The van der Waals surface area contributed by atoms with Gasteiger partial charge in [-0.15, -0.1) is 6.42 Å². The first-order valence-electron chi connectivity index (χ1n) is 5.23. The van der Waals surface area contributed by atoms with Crippen LogP contribution in [0.3, 0.4) is 0 Å². The molecule has 0 saturated carbocycles. The number of hydrogen-bond acceptors (Lipinski definition) is 3. The maximum Gasteiger partial charge on any atom is 0.236 e. The Bertz CT molecular complexity index is 257. The van der Waals surface area contributed by atoms with Gasteiger partial charge in [0.05, 0.1) is 13.1 Å². The summed E-state index contributed by atoms with van der Waals surface area (Å²) in [5, 5.41) is 2.91. The molecule has 0 radical (unpaired) electrons. The molecule has 1 fully saturated rings. The lowest BCUT2D eigenvalue weighted by Crippen LogP contribution is -2.39. The van der Waals surface area contributed by atoms with Gasteiger partial charge in [-0.05, 0) is 20.5 Å². The molecule has 84 valence electrons. The van der Waals surface area contributed by atoms with Crippen molar-refractivity contribution in [3.8, 4) is 12.3 Å². The molecule has 0 aliphatic carbocycles. The van der Waals surface area contributed by atoms with E-state index in [4.69, 9.17) is 6.42 Å². The molecule has 0 aromatic heterocycles. The van der Waals surface area contributed by atoms with Crippen LogP contribution in [-0.4, -0.2) is 62.0 Å². The Morgan fingerprint density at radius 1 is 1.67 bits per heavy atom. The van der Waals surface area contributed by atoms with Crippen molar-refractivity contribution in [1.82, 2.24) is 15.1 Å². The lowest BCUT2D eigenvalue weighted by Gasteiger charge is -2.20. The zero-order chi connectivity index (χ0) is 11.3. The van der Waals surface area contributed by atoms with Crippen molar-refractivity contribution >= 4 is 5.91 Å². The Balaban J connectivity index is 2.28. The second kappa shape index (κ2) is 5.74. The second-order valence-corrected chi connectivity index (χ2v) is 4.05. The number of carbonyl (C=O) groups is 1. The van der Waals surface area contributed by atoms with Crippen molar-refractivity contribution in [3.05, 3.63) is 0 Å². The Morgan fingerprint density at radius 3 is 2.93 bits per heavy atom. The van der Waals surface area contributed by atoms with Gasteiger partial charge in [0.1, 0.15) is 0 Å². The third kappa shape index (κ3) is 3.54. The van der Waals surface area contributed by atoms with E-state index in [1.165, 1.54) is 0 Å². The van der Waals surface area contributed by atoms with Crippen LogP contribution in [0, 0.1) is 12.3 Å². The summed E-state index contributed by atoms with van der Waals surface area (Å²) in [6.45, 7) is 2.50. The van der Waals surface area contributed by atoms with Gasteiger partial charge in [-0.25, -0.2) is 0 Å². The van der Waals surface area contributed by atoms with E-state index < -0.39 is 0 Å². The van der Waals surface area contributed by atoms with Crippen LogP contribution in [0.25, 0.3) is 0 Å². The highest BCUT2D eigenvalue weighted by Crippen LogP contribution is 2.12. The summed E-state index contributed by atoms with van der Waals surface area (Å²) in [6.07, 6.45) is 6.15. The molecule has 1 aliphatic rings. The van der Waals surface area contributed by atoms with Crippen molar-refractivity contribution in [2.45, 2.75) is 12.5 Å². The molecule has 0 spiro atoms. The predicted octanol–water partition coefficient (Wildman–Crippen LogP) is -0.628. The highest BCUT2D eigenvalue weighted by atomic mass is 16.2. The maximum atomic E-state index is 11.7. The molecular weight excluding hydrogens is 190 g/mol. The number of nitrogens with one attached hydrogen (secondary N) is 1. The van der Waals surface area contributed by atoms with Crippen LogP contribution >= 0.6 is 0 Å². The number of terminal acetylenes is 1. The normalized spacial score (nSPS) is 20.7. The minimum absolute atomic E-state index is 0.148. The smallest absolute Gasteiger partial charge is 0.236 e. The lowest BCUT2D eigenvalue weighted by molar-refractivity contribution is -0.129. The Hall–Kier alpha value is -1.05. The Morgan fingerprint density at radius 2 is 2.40 bits per heavy atom. The SMILES string of the molecule is C#CCNCC(=O)N1CCC(N(C)C)C1. The van der Waals surface area contributed by atoms with Gasteiger partial charge in [0, 0.05) is 19.1 Å². The summed E-state index contributed by atoms with van der Waals surface area (Å²) >= 11 is 0. The third-order valence-electron chi connectivity index (χ3n) is 2.75. The van der Waals surface area contributed by atoms with Crippen LogP contribution in [-0.2, 0) is 4.79 Å². The zero-order valence-corrected chi connectivity index (χ0v) is 9.49. The molecule has 1 N–H and O–H groups in total. The van der Waals surface area contributed by atoms with E-state index in [1.807, 2.05) is 4.90 Å². The molecule has 15 heavy (non-hydrogen) atoms. The van der Waals surface area contributed by atoms with Gasteiger partial charge >= 0.3 is 0 Å². The molecule has 1 rings (SSSR count). The number of amides is 1. The molecule has 0 aromatic rings. The van der Waals surface area contributed by atoms with Gasteiger partial charge in [0.2, 0.25) is 5.91 Å². The van der Waals surface area contributed by atoms with E-state index in [1.54, 1.807) is 0 Å². The minimum atomic E-state index is 0.148. The van der Waals surface area contributed by atoms with Crippen LogP contribution in [0.5, 0.6) is 0 Å². The van der Waals surface area contributed by atoms with Gasteiger partial charge < -0.3 is 9.80 Å². The molecule has 1 atom stereocenters. The van der Waals surface area contributed by atoms with Gasteiger partial charge in [-0.1, -0.05) is 5.92 Å². The molecule has 0 bridgehead atoms. The summed E-state index contributed by atoms with van der Waals surface area (Å²) in [7, 11) is 4.10. The number of likely N-dealkylation sites (tertiary alicyclic amines) is 1. The first kappa shape index (κ1) is 12.0. The van der Waals surface area contributed by atoms with Crippen molar-refractivity contribution in [2.24, 2.45) is 0 Å². The number of rotatable bonds is 4. The molecule has 4 nitrogen and oxygen atoms in total. The number of hydrogen-bond donors (Lipinski definition) is 1. The zero-order valence-electron chi connectivity index (χ0n) is 9.49. The van der Waals surface area contributed by atoms with E-state index >= 15 is 0 Å². The predicted molar refractivity (Wildman–Crippen MR) is 60.4 cm³/mol. The number of carbonyl (C=O) groups excluding carboxylic acids is 1. The highest BCUT2D eigenvalue weighted by molar-refractivity contribution is 5.78. The summed E-state index contributed by atoms with van der Waals surface area (Å²) in [5.41, 5.74) is 0. The lowest BCUT2D eigenvalue weighted by atomic mass is 10.2. The van der Waals surface area contributed by atoms with E-state index in [9.17, 15) is 4.79 Å². The largest absolute Gasteiger partial charge is 0.340 e. The molecule has 0 aromatic carbocycles. The first-order valence-corrected chi connectivity index (χ1v) is 5.23. The van der Waals surface area contributed by atoms with Gasteiger partial charge in [0.25, 0.3) is 0 Å². The fourth-order valence-electron chi connectivity index (χ4n) is 1.74. The molecule has 4 heteroatoms. The van der Waals surface area contributed by atoms with E-state index in [-0.39, 0.29) is 5.91 Å². The second-order valence-electron chi connectivity index (χ2n) is 4.05. The first-order chi connectivity index (χ1) is 7.15. The van der Waals surface area contributed by atoms with Crippen LogP contribution in [0.2, 0.25) is 0 Å². The Kier molecular flexibility index (Phi) is 4.60. The van der Waals surface area contributed by atoms with Crippen LogP contribution in [0.15, 0.2) is 0 Å². The highest BCUT2D eigenvalue weighted by Gasteiger charge is 2.26. The van der Waals surface area contributed by atoms with Crippen LogP contribution in [0.4, 0.5) is 0 Å². The van der Waals surface area contributed by atoms with Crippen LogP contribution in [0.1, 0.15) is 6.42 Å². The monoisotopic (exact) mass is 209 g/mol. The van der Waals surface area contributed by atoms with Crippen LogP contribution < -0.4 is 5.32 Å². The standard InChI is InChI=1S/C11H19N3O/c1-4-6-12-8-11(15)14-7-5-10(9-14)13(2)3/h1,10,12H,5-9H2,2-3H3. The van der Waals surface area contributed by atoms with Crippen molar-refractivity contribution < 1.29 is 4.79 Å². The summed E-state index contributed by atoms with van der Waals surface area (Å²) in [4.78, 5) is 15.7. The maximum absolute atomic E-state index is 11.7. The Labute approximate surface area is 91.6 Å². The quantitative estimate of drug-likeness (QED) is 0.495. The summed E-state index contributed by atoms with van der Waals surface area (Å²) < 4.78 is 0. The molecule has 1 aliphatic heterocycles. The average Bonchev–Trinajstić information content (AvgIpc) is 2.66. The molecule has 1 heterocycles. The fraction of sp³-hybridized carbons (Fsp3) is 0.727. The molecule has 1 saturated heterocycles. The summed E-state index contributed by atoms with van der Waals surface area (Å²) in [6, 6.07) is 0.501. The minimum Gasteiger partial charge on any atom is -0.340 e. The molecule has 1 unspecified atom stereocenters. The average molecular weight is 209 g/mol. The van der Waals surface area contributed by atoms with Crippen molar-refractivity contribution in [3.63, 3.8) is 0 Å². The number of nitrogens with zero attached hydrogens (tertiary/aromatic N) is 2. The van der Waals surface area contributed by atoms with Gasteiger partial charge in [-0.3, -0.25) is 10.1 Å². The number of likely N-dealkylation sites (N-methyl/N-ethyl adjacent to an activating group) is 1. The van der Waals surface area contributed by atoms with Gasteiger partial charge in [0.15, 0.2) is 0 Å². The molecule has 1 amide bonds. The van der Waals surface area contributed by atoms with Gasteiger partial charge in [-0.2, -0.15) is 0 Å². The van der Waals surface area contributed by atoms with Crippen molar-refractivity contribution in [1.29, 1.82) is 0 Å². The molecular formula is C11H19N3O. The van der Waals surface area contributed by atoms with E-state index in [0.29, 0.717) is 19.1 Å². The fourth-order valence-corrected chi connectivity index (χ4v) is 1.74. The van der Waals surface area contributed by atoms with E-state index in [0.717, 1.165) is 19.5 Å². The third-order valence-corrected chi connectivity index (χ3v) is 2.75. The van der Waals surface area contributed by atoms with E-state index in [2.05, 4.69) is 30.2 Å². The summed E-state index contributed by atoms with van der Waals surface area (Å²) in [5.74, 6) is 2.60.